The van der Waals surface area contributed by atoms with E-state index in [9.17, 15) is 9.59 Å². The molecule has 0 aliphatic heterocycles. The van der Waals surface area contributed by atoms with Crippen LogP contribution in [-0.2, 0) is 6.54 Å². The molecule has 10 heteroatoms. The summed E-state index contributed by atoms with van der Waals surface area (Å²) in [6.45, 7) is 11.4. The fourth-order valence-electron chi connectivity index (χ4n) is 2.58. The third-order valence-corrected chi connectivity index (χ3v) is 6.23. The topological polar surface area (TPSA) is 98.1 Å². The Morgan fingerprint density at radius 3 is 2.50 bits per heavy atom. The molecule has 8 nitrogen and oxygen atoms in total. The SMILES string of the molecule is COc1cc(C(=O)NC(C)(C)CCNC(=O)c2cn(CCC(C)(C)C)nn2)sc1Br. The summed E-state index contributed by atoms with van der Waals surface area (Å²) in [6.07, 6.45) is 3.17. The van der Waals surface area contributed by atoms with Gasteiger partial charge in [0.2, 0.25) is 0 Å². The Bertz CT molecular complexity index is 885. The van der Waals surface area contributed by atoms with Crippen molar-refractivity contribution in [3.05, 3.63) is 26.6 Å². The highest BCUT2D eigenvalue weighted by molar-refractivity contribution is 9.11. The monoisotopic (exact) mass is 499 g/mol. The van der Waals surface area contributed by atoms with E-state index in [1.54, 1.807) is 24.1 Å². The highest BCUT2D eigenvalue weighted by atomic mass is 79.9. The number of carbonyl (C=O) groups excluding carboxylic acids is 2. The van der Waals surface area contributed by atoms with Gasteiger partial charge in [-0.15, -0.1) is 16.4 Å². The van der Waals surface area contributed by atoms with E-state index < -0.39 is 5.54 Å². The molecular weight excluding hydrogens is 470 g/mol. The summed E-state index contributed by atoms with van der Waals surface area (Å²) >= 11 is 4.69. The van der Waals surface area contributed by atoms with Crippen LogP contribution in [-0.4, -0.2) is 46.0 Å². The predicted molar refractivity (Wildman–Crippen MR) is 121 cm³/mol. The molecule has 30 heavy (non-hydrogen) atoms. The number of methoxy groups -OCH3 is 1. The van der Waals surface area contributed by atoms with Gasteiger partial charge in [0.05, 0.1) is 18.2 Å². The third-order valence-electron chi connectivity index (χ3n) is 4.45. The molecule has 0 atom stereocenters. The first-order valence-electron chi connectivity index (χ1n) is 9.74. The largest absolute Gasteiger partial charge is 0.495 e. The number of nitrogens with zero attached hydrogens (tertiary/aromatic N) is 3. The summed E-state index contributed by atoms with van der Waals surface area (Å²) in [5.41, 5.74) is -0.0196. The van der Waals surface area contributed by atoms with Crippen molar-refractivity contribution < 1.29 is 14.3 Å². The molecule has 2 amide bonds. The van der Waals surface area contributed by atoms with E-state index in [4.69, 9.17) is 4.74 Å². The van der Waals surface area contributed by atoms with Crippen LogP contribution >= 0.6 is 27.3 Å². The Kier molecular flexibility index (Phi) is 8.04. The van der Waals surface area contributed by atoms with Crippen LogP contribution in [0, 0.1) is 5.41 Å². The highest BCUT2D eigenvalue weighted by Crippen LogP contribution is 2.34. The maximum atomic E-state index is 12.5. The Labute approximate surface area is 189 Å². The van der Waals surface area contributed by atoms with Crippen LogP contribution in [0.2, 0.25) is 0 Å². The van der Waals surface area contributed by atoms with Crippen LogP contribution in [0.15, 0.2) is 16.0 Å². The molecule has 0 aromatic carbocycles. The van der Waals surface area contributed by atoms with E-state index in [1.165, 1.54) is 11.3 Å². The van der Waals surface area contributed by atoms with Crippen LogP contribution in [0.3, 0.4) is 0 Å². The van der Waals surface area contributed by atoms with Gasteiger partial charge in [0.25, 0.3) is 11.8 Å². The Morgan fingerprint density at radius 2 is 1.90 bits per heavy atom. The van der Waals surface area contributed by atoms with Crippen LogP contribution in [0.1, 0.15) is 67.6 Å². The number of amides is 2. The van der Waals surface area contributed by atoms with Gasteiger partial charge in [-0.25, -0.2) is 0 Å². The van der Waals surface area contributed by atoms with Crippen LogP contribution in [0.4, 0.5) is 0 Å². The lowest BCUT2D eigenvalue weighted by atomic mass is 9.92. The molecule has 0 aliphatic carbocycles. The number of halogens is 1. The zero-order valence-corrected chi connectivity index (χ0v) is 20.7. The fourth-order valence-corrected chi connectivity index (χ4v) is 4.12. The maximum absolute atomic E-state index is 12.5. The van der Waals surface area contributed by atoms with Crippen molar-refractivity contribution in [1.29, 1.82) is 0 Å². The Balaban J connectivity index is 1.82. The fraction of sp³-hybridized carbons (Fsp3) is 0.600. The molecule has 2 aromatic rings. The van der Waals surface area contributed by atoms with Gasteiger partial charge < -0.3 is 15.4 Å². The lowest BCUT2D eigenvalue weighted by Gasteiger charge is -2.26. The number of thiophene rings is 1. The smallest absolute Gasteiger partial charge is 0.273 e. The van der Waals surface area contributed by atoms with Gasteiger partial charge in [-0.1, -0.05) is 26.0 Å². The molecule has 0 spiro atoms. The average Bonchev–Trinajstić information content (AvgIpc) is 3.25. The highest BCUT2D eigenvalue weighted by Gasteiger charge is 2.23. The van der Waals surface area contributed by atoms with Gasteiger partial charge in [0.15, 0.2) is 5.69 Å². The van der Waals surface area contributed by atoms with E-state index in [2.05, 4.69) is 57.6 Å². The minimum absolute atomic E-state index is 0.179. The first-order chi connectivity index (χ1) is 13.9. The molecule has 0 aliphatic rings. The number of hydrogen-bond acceptors (Lipinski definition) is 6. The van der Waals surface area contributed by atoms with Crippen molar-refractivity contribution in [1.82, 2.24) is 25.6 Å². The van der Waals surface area contributed by atoms with E-state index in [0.29, 0.717) is 35.8 Å². The normalized spacial score (nSPS) is 12.0. The first kappa shape index (κ1) is 24.3. The molecule has 0 bridgehead atoms. The van der Waals surface area contributed by atoms with Crippen molar-refractivity contribution in [2.24, 2.45) is 5.41 Å². The molecule has 166 valence electrons. The van der Waals surface area contributed by atoms with Crippen molar-refractivity contribution in [2.75, 3.05) is 13.7 Å². The molecule has 0 fully saturated rings. The van der Waals surface area contributed by atoms with Crippen molar-refractivity contribution in [2.45, 2.75) is 59.5 Å². The van der Waals surface area contributed by atoms with E-state index in [1.807, 2.05) is 13.8 Å². The van der Waals surface area contributed by atoms with Crippen molar-refractivity contribution in [3.8, 4) is 5.75 Å². The van der Waals surface area contributed by atoms with Gasteiger partial charge >= 0.3 is 0 Å². The van der Waals surface area contributed by atoms with E-state index >= 15 is 0 Å². The summed E-state index contributed by atoms with van der Waals surface area (Å²) in [6, 6.07) is 1.70. The van der Waals surface area contributed by atoms with Crippen molar-refractivity contribution in [3.63, 3.8) is 0 Å². The van der Waals surface area contributed by atoms with E-state index in [-0.39, 0.29) is 17.2 Å². The molecule has 2 heterocycles. The third kappa shape index (κ3) is 7.39. The molecule has 0 unspecified atom stereocenters. The number of rotatable bonds is 9. The first-order valence-corrected chi connectivity index (χ1v) is 11.4. The van der Waals surface area contributed by atoms with Gasteiger partial charge in [-0.3, -0.25) is 14.3 Å². The van der Waals surface area contributed by atoms with Gasteiger partial charge in [0, 0.05) is 24.7 Å². The summed E-state index contributed by atoms with van der Waals surface area (Å²) in [5, 5.41) is 13.8. The lowest BCUT2D eigenvalue weighted by Crippen LogP contribution is -2.45. The van der Waals surface area contributed by atoms with Gasteiger partial charge in [-0.2, -0.15) is 0 Å². The minimum Gasteiger partial charge on any atom is -0.495 e. The number of aryl methyl sites for hydroxylation is 1. The molecule has 0 radical (unpaired) electrons. The summed E-state index contributed by atoms with van der Waals surface area (Å²) in [5.74, 6) is 0.180. The van der Waals surface area contributed by atoms with Crippen molar-refractivity contribution >= 4 is 39.1 Å². The zero-order valence-electron chi connectivity index (χ0n) is 18.3. The van der Waals surface area contributed by atoms with Gasteiger partial charge in [-0.05, 0) is 48.0 Å². The average molecular weight is 500 g/mol. The molecule has 2 rings (SSSR count). The second-order valence-corrected chi connectivity index (χ2v) is 11.3. The molecule has 2 aromatic heterocycles. The summed E-state index contributed by atoms with van der Waals surface area (Å²) < 4.78 is 7.66. The number of aromatic nitrogens is 3. The van der Waals surface area contributed by atoms with E-state index in [0.717, 1.165) is 10.2 Å². The van der Waals surface area contributed by atoms with Gasteiger partial charge in [0.1, 0.15) is 9.54 Å². The quantitative estimate of drug-likeness (QED) is 0.545. The van der Waals surface area contributed by atoms with Crippen LogP contribution in [0.5, 0.6) is 5.75 Å². The Hall–Kier alpha value is -1.94. The number of carbonyl (C=O) groups is 2. The second-order valence-electron chi connectivity index (χ2n) is 8.97. The second kappa shape index (κ2) is 9.91. The number of nitrogens with one attached hydrogen (secondary N) is 2. The molecule has 0 saturated carbocycles. The molecule has 2 N–H and O–H groups in total. The summed E-state index contributed by atoms with van der Waals surface area (Å²) in [4.78, 5) is 25.4. The number of hydrogen-bond donors (Lipinski definition) is 2. The number of ether oxygens (including phenoxy) is 1. The summed E-state index contributed by atoms with van der Waals surface area (Å²) in [7, 11) is 1.56. The minimum atomic E-state index is -0.502. The molecular formula is C20H30BrN5O3S. The Morgan fingerprint density at radius 1 is 1.20 bits per heavy atom. The predicted octanol–water partition coefficient (Wildman–Crippen LogP) is 3.88. The zero-order chi connectivity index (χ0) is 22.5. The maximum Gasteiger partial charge on any atom is 0.273 e. The van der Waals surface area contributed by atoms with Crippen LogP contribution < -0.4 is 15.4 Å². The van der Waals surface area contributed by atoms with Crippen LogP contribution in [0.25, 0.3) is 0 Å². The molecule has 0 saturated heterocycles. The lowest BCUT2D eigenvalue weighted by molar-refractivity contribution is 0.0910. The standard InChI is InChI=1S/C20H30BrN5O3S/c1-19(2,3)8-10-26-12-13(24-25-26)17(27)22-9-7-20(4,5)23-18(28)15-11-14(29-6)16(21)30-15/h11-12H,7-10H2,1-6H3,(H,22,27)(H,23,28).